The Bertz CT molecular complexity index is 235. The van der Waals surface area contributed by atoms with E-state index in [-0.39, 0.29) is 42.4 Å². The maximum absolute atomic E-state index is 11.7. The van der Waals surface area contributed by atoms with Gasteiger partial charge in [0, 0.05) is 18.7 Å². The van der Waals surface area contributed by atoms with E-state index in [0.29, 0.717) is 12.3 Å². The molecule has 3 nitrogen and oxygen atoms in total. The second-order valence-electron chi connectivity index (χ2n) is 3.71. The molecule has 0 aromatic rings. The molecule has 0 saturated carbocycles. The van der Waals surface area contributed by atoms with Crippen LogP contribution in [-0.2, 0) is 4.79 Å². The zero-order chi connectivity index (χ0) is 12.0. The highest BCUT2D eigenvalue weighted by Gasteiger charge is 2.27. The molecule has 102 valence electrons. The lowest BCUT2D eigenvalue weighted by atomic mass is 10.1. The van der Waals surface area contributed by atoms with Gasteiger partial charge in [-0.25, -0.2) is 0 Å². The van der Waals surface area contributed by atoms with Crippen LogP contribution >= 0.6 is 24.2 Å². The fraction of sp³-hybridized carbons (Fsp3) is 0.889. The molecule has 0 aromatic carbocycles. The number of amides is 1. The molecule has 1 saturated heterocycles. The molecule has 0 bridgehead atoms. The lowest BCUT2D eigenvalue weighted by molar-refractivity contribution is -0.121. The van der Waals surface area contributed by atoms with Crippen molar-refractivity contribution in [3.05, 3.63) is 0 Å². The summed E-state index contributed by atoms with van der Waals surface area (Å²) in [6, 6.07) is 0. The maximum atomic E-state index is 11.7. The van der Waals surface area contributed by atoms with Crippen LogP contribution < -0.4 is 10.6 Å². The molecule has 0 spiro atoms. The highest BCUT2D eigenvalue weighted by atomic mass is 35.5. The third-order valence-electron chi connectivity index (χ3n) is 2.33. The minimum atomic E-state index is -4.21. The molecule has 2 N–H and O–H groups in total. The summed E-state index contributed by atoms with van der Waals surface area (Å²) in [5, 5.41) is 5.63. The van der Waals surface area contributed by atoms with Crippen LogP contribution in [0.4, 0.5) is 13.2 Å². The lowest BCUT2D eigenvalue weighted by Gasteiger charge is -2.09. The monoisotopic (exact) mass is 292 g/mol. The number of carbonyl (C=O) groups excluding carboxylic acids is 1. The quantitative estimate of drug-likeness (QED) is 0.759. The lowest BCUT2D eigenvalue weighted by Crippen LogP contribution is -2.28. The van der Waals surface area contributed by atoms with Crippen LogP contribution in [0.2, 0.25) is 0 Å². The minimum Gasteiger partial charge on any atom is -0.355 e. The molecule has 0 aromatic heterocycles. The zero-order valence-electron chi connectivity index (χ0n) is 9.18. The van der Waals surface area contributed by atoms with E-state index in [9.17, 15) is 18.0 Å². The van der Waals surface area contributed by atoms with Crippen LogP contribution in [0.5, 0.6) is 0 Å². The van der Waals surface area contributed by atoms with Gasteiger partial charge in [-0.2, -0.15) is 13.2 Å². The van der Waals surface area contributed by atoms with E-state index in [1.54, 1.807) is 0 Å². The van der Waals surface area contributed by atoms with Crippen LogP contribution in [0, 0.1) is 5.92 Å². The third-order valence-corrected chi connectivity index (χ3v) is 3.06. The first-order valence-electron chi connectivity index (χ1n) is 5.15. The molecule has 1 fully saturated rings. The molecule has 1 amide bonds. The summed E-state index contributed by atoms with van der Waals surface area (Å²) in [4.78, 5) is 11.3. The molecule has 0 radical (unpaired) electrons. The Labute approximate surface area is 109 Å². The molecule has 1 atom stereocenters. The summed E-state index contributed by atoms with van der Waals surface area (Å²) in [6.45, 7) is 1.82. The molecule has 8 heteroatoms. The first-order chi connectivity index (χ1) is 7.47. The Balaban J connectivity index is 0.00000256. The maximum Gasteiger partial charge on any atom is 0.441 e. The van der Waals surface area contributed by atoms with Gasteiger partial charge in [0.05, 0.1) is 0 Å². The topological polar surface area (TPSA) is 41.1 Å². The summed E-state index contributed by atoms with van der Waals surface area (Å²) < 4.78 is 35.2. The predicted molar refractivity (Wildman–Crippen MR) is 64.4 cm³/mol. The summed E-state index contributed by atoms with van der Waals surface area (Å²) in [5.74, 6) is 0.0461. The van der Waals surface area contributed by atoms with Crippen molar-refractivity contribution in [3.63, 3.8) is 0 Å². The second kappa shape index (κ2) is 8.05. The molecule has 0 aliphatic carbocycles. The summed E-state index contributed by atoms with van der Waals surface area (Å²) in [5.41, 5.74) is -4.21. The normalized spacial score (nSPS) is 19.8. The molecule has 1 rings (SSSR count). The Morgan fingerprint density at radius 2 is 2.18 bits per heavy atom. The van der Waals surface area contributed by atoms with Crippen LogP contribution in [0.15, 0.2) is 0 Å². The van der Waals surface area contributed by atoms with Gasteiger partial charge in [0.15, 0.2) is 0 Å². The van der Waals surface area contributed by atoms with Gasteiger partial charge in [-0.3, -0.25) is 4.79 Å². The van der Waals surface area contributed by atoms with Gasteiger partial charge < -0.3 is 10.6 Å². The average molecular weight is 293 g/mol. The van der Waals surface area contributed by atoms with E-state index >= 15 is 0 Å². The summed E-state index contributed by atoms with van der Waals surface area (Å²) in [7, 11) is 0. The molecule has 17 heavy (non-hydrogen) atoms. The predicted octanol–water partition coefficient (Wildman–Crippen LogP) is 1.78. The van der Waals surface area contributed by atoms with E-state index in [2.05, 4.69) is 10.6 Å². The average Bonchev–Trinajstić information content (AvgIpc) is 2.63. The van der Waals surface area contributed by atoms with Crippen molar-refractivity contribution in [2.45, 2.75) is 18.3 Å². The smallest absolute Gasteiger partial charge is 0.355 e. The first kappa shape index (κ1) is 16.9. The summed E-state index contributed by atoms with van der Waals surface area (Å²) >= 11 is -0.109. The molecular formula is C9H16ClF3N2OS. The van der Waals surface area contributed by atoms with Crippen molar-refractivity contribution in [1.82, 2.24) is 10.6 Å². The van der Waals surface area contributed by atoms with Crippen molar-refractivity contribution in [2.75, 3.05) is 25.4 Å². The Hall–Kier alpha value is -0.140. The number of hydrogen-bond acceptors (Lipinski definition) is 3. The number of thioether (sulfide) groups is 1. The highest BCUT2D eigenvalue weighted by Crippen LogP contribution is 2.29. The van der Waals surface area contributed by atoms with Gasteiger partial charge in [-0.05, 0) is 37.2 Å². The SMILES string of the molecule is Cl.O=C(CC1CCNC1)NCCSC(F)(F)F. The standard InChI is InChI=1S/C9H15F3N2OS.ClH/c10-9(11,12)16-4-3-14-8(15)5-7-1-2-13-6-7;/h7,13H,1-6H2,(H,14,15);1H. The van der Waals surface area contributed by atoms with Crippen LogP contribution in [0.25, 0.3) is 0 Å². The Morgan fingerprint density at radius 1 is 1.47 bits per heavy atom. The van der Waals surface area contributed by atoms with Crippen molar-refractivity contribution >= 4 is 30.1 Å². The van der Waals surface area contributed by atoms with Crippen LogP contribution in [0.1, 0.15) is 12.8 Å². The van der Waals surface area contributed by atoms with Gasteiger partial charge in [-0.15, -0.1) is 12.4 Å². The molecule has 1 aliphatic rings. The second-order valence-corrected chi connectivity index (χ2v) is 4.87. The molecule has 1 aliphatic heterocycles. The van der Waals surface area contributed by atoms with Crippen LogP contribution in [-0.4, -0.2) is 36.8 Å². The number of carbonyl (C=O) groups is 1. The van der Waals surface area contributed by atoms with Crippen molar-refractivity contribution < 1.29 is 18.0 Å². The number of hydrogen-bond donors (Lipinski definition) is 2. The molecular weight excluding hydrogens is 277 g/mol. The Kier molecular flexibility index (Phi) is 7.98. The Morgan fingerprint density at radius 3 is 2.71 bits per heavy atom. The first-order valence-corrected chi connectivity index (χ1v) is 6.14. The van der Waals surface area contributed by atoms with Gasteiger partial charge in [0.2, 0.25) is 5.91 Å². The fourth-order valence-electron chi connectivity index (χ4n) is 1.58. The molecule has 1 unspecified atom stereocenters. The number of halogens is 4. The van der Waals surface area contributed by atoms with E-state index in [4.69, 9.17) is 0 Å². The van der Waals surface area contributed by atoms with Gasteiger partial charge in [0.1, 0.15) is 0 Å². The van der Waals surface area contributed by atoms with E-state index in [0.717, 1.165) is 19.5 Å². The largest absolute Gasteiger partial charge is 0.441 e. The zero-order valence-corrected chi connectivity index (χ0v) is 10.8. The van der Waals surface area contributed by atoms with Gasteiger partial charge in [-0.1, -0.05) is 0 Å². The van der Waals surface area contributed by atoms with Crippen molar-refractivity contribution in [1.29, 1.82) is 0 Å². The van der Waals surface area contributed by atoms with Crippen LogP contribution in [0.3, 0.4) is 0 Å². The van der Waals surface area contributed by atoms with E-state index in [1.807, 2.05) is 0 Å². The van der Waals surface area contributed by atoms with Crippen molar-refractivity contribution in [2.24, 2.45) is 5.92 Å². The van der Waals surface area contributed by atoms with E-state index < -0.39 is 5.51 Å². The third kappa shape index (κ3) is 8.57. The van der Waals surface area contributed by atoms with Gasteiger partial charge in [0.25, 0.3) is 0 Å². The van der Waals surface area contributed by atoms with Crippen molar-refractivity contribution in [3.8, 4) is 0 Å². The molecule has 1 heterocycles. The number of alkyl halides is 3. The summed E-state index contributed by atoms with van der Waals surface area (Å²) in [6.07, 6.45) is 1.37. The fourth-order valence-corrected chi connectivity index (χ4v) is 2.02. The van der Waals surface area contributed by atoms with E-state index in [1.165, 1.54) is 0 Å². The van der Waals surface area contributed by atoms with Gasteiger partial charge >= 0.3 is 5.51 Å². The minimum absolute atomic E-state index is 0. The number of rotatable bonds is 5. The number of nitrogens with one attached hydrogen (secondary N) is 2. The highest BCUT2D eigenvalue weighted by molar-refractivity contribution is 8.00.